The number of aromatic nitrogens is 1. The molecule has 0 aliphatic carbocycles. The number of ether oxygens (including phenoxy) is 1. The molecule has 1 aromatic rings. The van der Waals surface area contributed by atoms with Crippen LogP contribution in [0.5, 0.6) is 5.75 Å². The molecule has 6 heteroatoms. The van der Waals surface area contributed by atoms with E-state index in [9.17, 15) is 4.79 Å². The van der Waals surface area contributed by atoms with Crippen LogP contribution in [0.25, 0.3) is 0 Å². The predicted molar refractivity (Wildman–Crippen MR) is 102 cm³/mol. The van der Waals surface area contributed by atoms with Crippen molar-refractivity contribution in [1.29, 1.82) is 0 Å². The Balaban J connectivity index is 2.32. The summed E-state index contributed by atoms with van der Waals surface area (Å²) in [7, 11) is 9.66. The van der Waals surface area contributed by atoms with Crippen molar-refractivity contribution in [3.63, 3.8) is 0 Å². The van der Waals surface area contributed by atoms with Gasteiger partial charge < -0.3 is 19.4 Å². The molecule has 142 valence electrons. The number of rotatable bonds is 11. The molecule has 25 heavy (non-hydrogen) atoms. The number of hydrogen-bond acceptors (Lipinski definition) is 5. The van der Waals surface area contributed by atoms with E-state index >= 15 is 0 Å². The summed E-state index contributed by atoms with van der Waals surface area (Å²) < 4.78 is 5.39. The third-order valence-corrected chi connectivity index (χ3v) is 3.98. The summed E-state index contributed by atoms with van der Waals surface area (Å²) in [6.07, 6.45) is 7.65. The van der Waals surface area contributed by atoms with Crippen molar-refractivity contribution < 1.29 is 9.53 Å². The third-order valence-electron chi connectivity index (χ3n) is 3.98. The molecular formula is C19H34N4O2. The molecule has 0 bridgehead atoms. The smallest absolute Gasteiger partial charge is 0.408 e. The first-order valence-corrected chi connectivity index (χ1v) is 9.06. The van der Waals surface area contributed by atoms with E-state index in [0.717, 1.165) is 12.2 Å². The Kier molecular flexibility index (Phi) is 10.1. The molecule has 0 aliphatic rings. The van der Waals surface area contributed by atoms with Crippen LogP contribution in [0.1, 0.15) is 37.8 Å². The second-order valence-corrected chi connectivity index (χ2v) is 7.02. The van der Waals surface area contributed by atoms with Crippen LogP contribution in [0.15, 0.2) is 18.3 Å². The molecule has 1 amide bonds. The van der Waals surface area contributed by atoms with E-state index in [4.69, 9.17) is 4.74 Å². The molecule has 0 radical (unpaired) electrons. The van der Waals surface area contributed by atoms with Gasteiger partial charge in [-0.2, -0.15) is 0 Å². The maximum Gasteiger partial charge on any atom is 0.414 e. The minimum absolute atomic E-state index is 0.380. The van der Waals surface area contributed by atoms with Gasteiger partial charge in [0.05, 0.1) is 5.69 Å². The average Bonchev–Trinajstić information content (AvgIpc) is 2.55. The fraction of sp³-hybridized carbons (Fsp3) is 0.684. The van der Waals surface area contributed by atoms with Crippen LogP contribution >= 0.6 is 0 Å². The Hall–Kier alpha value is -1.66. The minimum atomic E-state index is -0.380. The maximum absolute atomic E-state index is 11.7. The number of pyridine rings is 1. The maximum atomic E-state index is 11.7. The Labute approximate surface area is 152 Å². The van der Waals surface area contributed by atoms with Crippen molar-refractivity contribution in [2.24, 2.45) is 0 Å². The molecule has 0 atom stereocenters. The van der Waals surface area contributed by atoms with E-state index in [1.807, 2.05) is 0 Å². The van der Waals surface area contributed by atoms with Crippen molar-refractivity contribution in [1.82, 2.24) is 19.7 Å². The molecule has 0 spiro atoms. The Morgan fingerprint density at radius 1 is 1.00 bits per heavy atom. The predicted octanol–water partition coefficient (Wildman–Crippen LogP) is 3.09. The molecule has 0 saturated heterocycles. The van der Waals surface area contributed by atoms with Gasteiger partial charge in [0, 0.05) is 26.8 Å². The summed E-state index contributed by atoms with van der Waals surface area (Å²) in [5.74, 6) is 0.539. The zero-order chi connectivity index (χ0) is 18.7. The second kappa shape index (κ2) is 11.8. The quantitative estimate of drug-likeness (QED) is 0.574. The van der Waals surface area contributed by atoms with Crippen molar-refractivity contribution >= 4 is 6.09 Å². The van der Waals surface area contributed by atoms with E-state index in [1.54, 1.807) is 32.4 Å². The summed E-state index contributed by atoms with van der Waals surface area (Å²) in [6, 6.07) is 3.58. The molecular weight excluding hydrogens is 316 g/mol. The summed E-state index contributed by atoms with van der Waals surface area (Å²) in [5.41, 5.74) is 0.797. The highest BCUT2D eigenvalue weighted by molar-refractivity contribution is 5.70. The Morgan fingerprint density at radius 2 is 1.64 bits per heavy atom. The summed E-state index contributed by atoms with van der Waals surface area (Å²) >= 11 is 0. The monoisotopic (exact) mass is 350 g/mol. The van der Waals surface area contributed by atoms with Gasteiger partial charge in [-0.05, 0) is 59.2 Å². The zero-order valence-electron chi connectivity index (χ0n) is 16.5. The number of nitrogens with zero attached hydrogens (tertiary/aromatic N) is 4. The van der Waals surface area contributed by atoms with Gasteiger partial charge in [-0.3, -0.25) is 4.98 Å². The fourth-order valence-corrected chi connectivity index (χ4v) is 2.50. The van der Waals surface area contributed by atoms with Gasteiger partial charge in [0.2, 0.25) is 0 Å². The lowest BCUT2D eigenvalue weighted by Gasteiger charge is -2.18. The molecule has 1 rings (SSSR count). The van der Waals surface area contributed by atoms with Gasteiger partial charge >= 0.3 is 6.09 Å². The van der Waals surface area contributed by atoms with Crippen LogP contribution in [0.2, 0.25) is 0 Å². The lowest BCUT2D eigenvalue weighted by Crippen LogP contribution is -2.26. The van der Waals surface area contributed by atoms with Crippen LogP contribution in [-0.2, 0) is 6.54 Å². The first-order valence-electron chi connectivity index (χ1n) is 9.06. The molecule has 0 N–H and O–H groups in total. The lowest BCUT2D eigenvalue weighted by molar-refractivity contribution is 0.170. The average molecular weight is 351 g/mol. The van der Waals surface area contributed by atoms with Gasteiger partial charge in [-0.15, -0.1) is 0 Å². The van der Waals surface area contributed by atoms with E-state index in [-0.39, 0.29) is 6.09 Å². The van der Waals surface area contributed by atoms with Crippen LogP contribution in [0, 0.1) is 0 Å². The topological polar surface area (TPSA) is 48.9 Å². The number of hydrogen-bond donors (Lipinski definition) is 0. The van der Waals surface area contributed by atoms with Crippen molar-refractivity contribution in [3.8, 4) is 5.75 Å². The fourth-order valence-electron chi connectivity index (χ4n) is 2.50. The first kappa shape index (κ1) is 21.4. The normalized spacial score (nSPS) is 11.2. The van der Waals surface area contributed by atoms with Crippen molar-refractivity contribution in [2.45, 2.75) is 38.6 Å². The number of carbonyl (C=O) groups is 1. The molecule has 0 unspecified atom stereocenters. The van der Waals surface area contributed by atoms with Crippen molar-refractivity contribution in [2.75, 3.05) is 48.3 Å². The van der Waals surface area contributed by atoms with Gasteiger partial charge in [-0.25, -0.2) is 4.79 Å². The van der Waals surface area contributed by atoms with Crippen LogP contribution < -0.4 is 4.74 Å². The van der Waals surface area contributed by atoms with E-state index < -0.39 is 0 Å². The van der Waals surface area contributed by atoms with E-state index in [2.05, 4.69) is 35.9 Å². The van der Waals surface area contributed by atoms with Crippen LogP contribution in [-0.4, -0.2) is 74.1 Å². The number of unbranched alkanes of at least 4 members (excludes halogenated alkanes) is 4. The molecule has 6 nitrogen and oxygen atoms in total. The first-order chi connectivity index (χ1) is 11.9. The molecule has 0 fully saturated rings. The largest absolute Gasteiger partial charge is 0.414 e. The second-order valence-electron chi connectivity index (χ2n) is 7.02. The molecule has 1 heterocycles. The van der Waals surface area contributed by atoms with E-state index in [1.165, 1.54) is 43.5 Å². The molecule has 0 saturated carbocycles. The van der Waals surface area contributed by atoms with Crippen LogP contribution in [0.4, 0.5) is 4.79 Å². The molecule has 1 aromatic heterocycles. The van der Waals surface area contributed by atoms with E-state index in [0.29, 0.717) is 12.3 Å². The number of carbonyl (C=O) groups excluding carboxylic acids is 1. The van der Waals surface area contributed by atoms with Gasteiger partial charge in [-0.1, -0.05) is 19.3 Å². The lowest BCUT2D eigenvalue weighted by atomic mass is 10.1. The van der Waals surface area contributed by atoms with Gasteiger partial charge in [0.25, 0.3) is 0 Å². The highest BCUT2D eigenvalue weighted by Crippen LogP contribution is 2.18. The molecule has 0 aromatic carbocycles. The summed E-state index contributed by atoms with van der Waals surface area (Å²) in [4.78, 5) is 22.0. The van der Waals surface area contributed by atoms with Gasteiger partial charge in [0.15, 0.2) is 5.75 Å². The SMILES string of the molecule is CN(C)CCCCCCCN(C)Cc1ncccc1OC(=O)N(C)C. The Bertz CT molecular complexity index is 506. The molecule has 0 aliphatic heterocycles. The minimum Gasteiger partial charge on any atom is -0.408 e. The third kappa shape index (κ3) is 9.41. The zero-order valence-corrected chi connectivity index (χ0v) is 16.5. The van der Waals surface area contributed by atoms with Gasteiger partial charge in [0.1, 0.15) is 0 Å². The standard InChI is InChI=1S/C19H34N4O2/c1-21(2)14-9-7-6-8-10-15-23(5)16-17-18(12-11-13-20-17)25-19(24)22(3)4/h11-13H,6-10,14-16H2,1-5H3. The highest BCUT2D eigenvalue weighted by atomic mass is 16.6. The number of amides is 1. The van der Waals surface area contributed by atoms with Crippen molar-refractivity contribution in [3.05, 3.63) is 24.0 Å². The summed E-state index contributed by atoms with van der Waals surface area (Å²) in [5, 5.41) is 0. The van der Waals surface area contributed by atoms with Crippen LogP contribution in [0.3, 0.4) is 0 Å². The highest BCUT2D eigenvalue weighted by Gasteiger charge is 2.13. The summed E-state index contributed by atoms with van der Waals surface area (Å²) in [6.45, 7) is 2.87. The Morgan fingerprint density at radius 3 is 2.28 bits per heavy atom.